The van der Waals surface area contributed by atoms with Crippen molar-refractivity contribution < 1.29 is 4.84 Å². The minimum Gasteiger partial charge on any atom is -0.342 e. The first-order valence-electron chi connectivity index (χ1n) is 4.07. The molecule has 0 spiro atoms. The van der Waals surface area contributed by atoms with Gasteiger partial charge in [-0.25, -0.2) is 10.9 Å². The van der Waals surface area contributed by atoms with Gasteiger partial charge in [0.2, 0.25) is 0 Å². The highest BCUT2D eigenvalue weighted by Gasteiger charge is 2.03. The van der Waals surface area contributed by atoms with Gasteiger partial charge in [0.25, 0.3) is 0 Å². The van der Waals surface area contributed by atoms with Crippen LogP contribution in [-0.2, 0) is 11.4 Å². The molecule has 2 aromatic rings. The summed E-state index contributed by atoms with van der Waals surface area (Å²) in [6.07, 6.45) is 0. The smallest absolute Gasteiger partial charge is 0.104 e. The Morgan fingerprint density at radius 3 is 3.15 bits per heavy atom. The SMILES string of the molecule is Cc1nc2c(CON)cccc2[nH]1. The monoisotopic (exact) mass is 177 g/mol. The molecule has 1 aromatic carbocycles. The van der Waals surface area contributed by atoms with Gasteiger partial charge in [-0.1, -0.05) is 12.1 Å². The Morgan fingerprint density at radius 1 is 1.54 bits per heavy atom. The van der Waals surface area contributed by atoms with Crippen LogP contribution in [0.3, 0.4) is 0 Å². The van der Waals surface area contributed by atoms with E-state index in [0.717, 1.165) is 22.4 Å². The largest absolute Gasteiger partial charge is 0.342 e. The molecule has 2 rings (SSSR count). The van der Waals surface area contributed by atoms with E-state index in [1.54, 1.807) is 0 Å². The van der Waals surface area contributed by atoms with E-state index in [0.29, 0.717) is 6.61 Å². The fraction of sp³-hybridized carbons (Fsp3) is 0.222. The van der Waals surface area contributed by atoms with E-state index in [-0.39, 0.29) is 0 Å². The molecule has 0 saturated carbocycles. The molecular weight excluding hydrogens is 166 g/mol. The van der Waals surface area contributed by atoms with Crippen LogP contribution in [0.1, 0.15) is 11.4 Å². The van der Waals surface area contributed by atoms with Gasteiger partial charge in [0.1, 0.15) is 5.82 Å². The van der Waals surface area contributed by atoms with Crippen LogP contribution in [0.4, 0.5) is 0 Å². The number of aryl methyl sites for hydroxylation is 1. The van der Waals surface area contributed by atoms with Gasteiger partial charge < -0.3 is 4.98 Å². The third-order valence-electron chi connectivity index (χ3n) is 1.95. The van der Waals surface area contributed by atoms with Gasteiger partial charge in [-0.15, -0.1) is 0 Å². The second kappa shape index (κ2) is 3.16. The van der Waals surface area contributed by atoms with Gasteiger partial charge in [0, 0.05) is 5.56 Å². The zero-order chi connectivity index (χ0) is 9.26. The van der Waals surface area contributed by atoms with E-state index in [4.69, 9.17) is 5.90 Å². The standard InChI is InChI=1S/C9H11N3O/c1-6-11-8-4-2-3-7(5-13-10)9(8)12-6/h2-4H,5,10H2,1H3,(H,11,12). The number of benzene rings is 1. The maximum absolute atomic E-state index is 5.02. The predicted octanol–water partition coefficient (Wildman–Crippen LogP) is 1.26. The van der Waals surface area contributed by atoms with Crippen LogP contribution in [0.2, 0.25) is 0 Å². The lowest BCUT2D eigenvalue weighted by Gasteiger charge is -1.98. The lowest BCUT2D eigenvalue weighted by molar-refractivity contribution is 0.125. The van der Waals surface area contributed by atoms with E-state index in [9.17, 15) is 0 Å². The fourth-order valence-corrected chi connectivity index (χ4v) is 1.42. The maximum Gasteiger partial charge on any atom is 0.104 e. The Balaban J connectivity index is 2.60. The molecule has 68 valence electrons. The molecule has 13 heavy (non-hydrogen) atoms. The number of H-pyrrole nitrogens is 1. The number of aromatic nitrogens is 2. The fourth-order valence-electron chi connectivity index (χ4n) is 1.42. The molecule has 1 aromatic heterocycles. The summed E-state index contributed by atoms with van der Waals surface area (Å²) in [5.74, 6) is 5.92. The van der Waals surface area contributed by atoms with Crippen molar-refractivity contribution in [3.63, 3.8) is 0 Å². The van der Waals surface area contributed by atoms with E-state index in [2.05, 4.69) is 14.8 Å². The Kier molecular flexibility index (Phi) is 2.00. The highest BCUT2D eigenvalue weighted by molar-refractivity contribution is 5.78. The molecular formula is C9H11N3O. The number of imidazole rings is 1. The van der Waals surface area contributed by atoms with Crippen LogP contribution >= 0.6 is 0 Å². The molecule has 0 amide bonds. The summed E-state index contributed by atoms with van der Waals surface area (Å²) < 4.78 is 0. The third kappa shape index (κ3) is 1.41. The average molecular weight is 177 g/mol. The summed E-state index contributed by atoms with van der Waals surface area (Å²) in [5.41, 5.74) is 2.96. The summed E-state index contributed by atoms with van der Waals surface area (Å²) in [6.45, 7) is 2.31. The molecule has 0 aliphatic heterocycles. The number of rotatable bonds is 2. The summed E-state index contributed by atoms with van der Waals surface area (Å²) in [6, 6.07) is 5.89. The lowest BCUT2D eigenvalue weighted by Crippen LogP contribution is -1.99. The number of para-hydroxylation sites is 1. The molecule has 1 heterocycles. The first kappa shape index (κ1) is 8.22. The van der Waals surface area contributed by atoms with E-state index >= 15 is 0 Å². The normalized spacial score (nSPS) is 10.9. The minimum absolute atomic E-state index is 0.391. The molecule has 0 aliphatic carbocycles. The molecule has 0 aliphatic rings. The van der Waals surface area contributed by atoms with Crippen LogP contribution in [0.25, 0.3) is 11.0 Å². The summed E-state index contributed by atoms with van der Waals surface area (Å²) >= 11 is 0. The predicted molar refractivity (Wildman–Crippen MR) is 49.8 cm³/mol. The molecule has 0 atom stereocenters. The van der Waals surface area contributed by atoms with Crippen LogP contribution in [0, 0.1) is 6.92 Å². The molecule has 0 radical (unpaired) electrons. The van der Waals surface area contributed by atoms with Gasteiger partial charge in [-0.2, -0.15) is 0 Å². The molecule has 4 nitrogen and oxygen atoms in total. The third-order valence-corrected chi connectivity index (χ3v) is 1.95. The van der Waals surface area contributed by atoms with Crippen LogP contribution in [0.15, 0.2) is 18.2 Å². The molecule has 0 saturated heterocycles. The molecule has 0 unspecified atom stereocenters. The topological polar surface area (TPSA) is 63.9 Å². The number of nitrogens with two attached hydrogens (primary N) is 1. The zero-order valence-electron chi connectivity index (χ0n) is 7.37. The minimum atomic E-state index is 0.391. The number of aromatic amines is 1. The Labute approximate surface area is 75.7 Å². The van der Waals surface area contributed by atoms with Crippen LogP contribution in [0.5, 0.6) is 0 Å². The lowest BCUT2D eigenvalue weighted by atomic mass is 10.2. The van der Waals surface area contributed by atoms with Gasteiger partial charge in [0.15, 0.2) is 0 Å². The highest BCUT2D eigenvalue weighted by atomic mass is 16.6. The number of hydrogen-bond acceptors (Lipinski definition) is 3. The van der Waals surface area contributed by atoms with Crippen LogP contribution < -0.4 is 5.90 Å². The van der Waals surface area contributed by atoms with Gasteiger partial charge in [-0.05, 0) is 13.0 Å². The average Bonchev–Trinajstić information content (AvgIpc) is 2.47. The van der Waals surface area contributed by atoms with Gasteiger partial charge >= 0.3 is 0 Å². The maximum atomic E-state index is 5.02. The molecule has 0 bridgehead atoms. The number of fused-ring (bicyclic) bond motifs is 1. The Morgan fingerprint density at radius 2 is 2.38 bits per heavy atom. The van der Waals surface area contributed by atoms with Crippen molar-refractivity contribution in [2.24, 2.45) is 5.90 Å². The van der Waals surface area contributed by atoms with Crippen molar-refractivity contribution in [1.29, 1.82) is 0 Å². The van der Waals surface area contributed by atoms with E-state index in [1.807, 2.05) is 25.1 Å². The summed E-state index contributed by atoms with van der Waals surface area (Å²) in [7, 11) is 0. The summed E-state index contributed by atoms with van der Waals surface area (Å²) in [5, 5.41) is 0. The summed E-state index contributed by atoms with van der Waals surface area (Å²) in [4.78, 5) is 12.1. The zero-order valence-corrected chi connectivity index (χ0v) is 7.37. The second-order valence-electron chi connectivity index (χ2n) is 2.95. The number of nitrogens with zero attached hydrogens (tertiary/aromatic N) is 1. The van der Waals surface area contributed by atoms with Crippen molar-refractivity contribution in [2.45, 2.75) is 13.5 Å². The molecule has 3 N–H and O–H groups in total. The first-order chi connectivity index (χ1) is 6.31. The van der Waals surface area contributed by atoms with Gasteiger partial charge in [-0.3, -0.25) is 4.84 Å². The van der Waals surface area contributed by atoms with Crippen LogP contribution in [-0.4, -0.2) is 9.97 Å². The van der Waals surface area contributed by atoms with E-state index in [1.165, 1.54) is 0 Å². The Bertz CT molecular complexity index is 422. The number of nitrogens with one attached hydrogen (secondary N) is 1. The van der Waals surface area contributed by atoms with Gasteiger partial charge in [0.05, 0.1) is 17.6 Å². The number of hydrogen-bond donors (Lipinski definition) is 2. The van der Waals surface area contributed by atoms with Crippen molar-refractivity contribution in [3.8, 4) is 0 Å². The molecule has 4 heteroatoms. The first-order valence-corrected chi connectivity index (χ1v) is 4.07. The van der Waals surface area contributed by atoms with Crippen molar-refractivity contribution >= 4 is 11.0 Å². The van der Waals surface area contributed by atoms with Crippen molar-refractivity contribution in [1.82, 2.24) is 9.97 Å². The quantitative estimate of drug-likeness (QED) is 0.679. The van der Waals surface area contributed by atoms with Crippen molar-refractivity contribution in [2.75, 3.05) is 0 Å². The van der Waals surface area contributed by atoms with E-state index < -0.39 is 0 Å². The van der Waals surface area contributed by atoms with Crippen molar-refractivity contribution in [3.05, 3.63) is 29.6 Å². The second-order valence-corrected chi connectivity index (χ2v) is 2.95. The highest BCUT2D eigenvalue weighted by Crippen LogP contribution is 2.16. The molecule has 0 fully saturated rings. The Hall–Kier alpha value is -1.39.